The Bertz CT molecular complexity index is 773. The van der Waals surface area contributed by atoms with E-state index in [0.29, 0.717) is 5.75 Å². The zero-order chi connectivity index (χ0) is 20.8. The number of rotatable bonds is 9. The number of hydrogen-bond donors (Lipinski definition) is 1. The second-order valence-electron chi connectivity index (χ2n) is 7.52. The Morgan fingerprint density at radius 3 is 2.62 bits per heavy atom. The first-order valence-electron chi connectivity index (χ1n) is 10.3. The number of thioether (sulfide) groups is 1. The number of imide groups is 1. The maximum atomic E-state index is 12.6. The van der Waals surface area contributed by atoms with Gasteiger partial charge in [0.25, 0.3) is 5.91 Å². The van der Waals surface area contributed by atoms with Crippen molar-refractivity contribution < 1.29 is 9.59 Å². The van der Waals surface area contributed by atoms with Gasteiger partial charge in [-0.3, -0.25) is 10.1 Å². The van der Waals surface area contributed by atoms with Crippen LogP contribution in [0.2, 0.25) is 5.02 Å². The van der Waals surface area contributed by atoms with Crippen LogP contribution in [0, 0.1) is 0 Å². The lowest BCUT2D eigenvalue weighted by atomic mass is 10.1. The van der Waals surface area contributed by atoms with E-state index in [2.05, 4.69) is 17.1 Å². The first kappa shape index (κ1) is 22.0. The van der Waals surface area contributed by atoms with Crippen LogP contribution in [0.4, 0.5) is 4.79 Å². The number of carbonyl (C=O) groups is 2. The predicted molar refractivity (Wildman–Crippen MR) is 119 cm³/mol. The second kappa shape index (κ2) is 10.3. The first-order valence-corrected chi connectivity index (χ1v) is 11.7. The molecule has 0 aliphatic carbocycles. The number of aliphatic imine (C=N–C) groups is 1. The number of nitrogens with zero attached hydrogens (tertiary/aromatic N) is 3. The monoisotopic (exact) mass is 436 g/mol. The van der Waals surface area contributed by atoms with E-state index >= 15 is 0 Å². The molecule has 2 aliphatic heterocycles. The van der Waals surface area contributed by atoms with E-state index in [1.807, 2.05) is 24.3 Å². The standard InChI is InChI=1S/C21H29ClN4O2S/c1-3-4-5-6-7-10-13-26-17-18(25(2)20(28)24-19(17)27)23-21(26)29-14-15-11-8-9-12-16(15)22/h8-9,11-12,17-18H,3-7,10,13-14H2,1-2H3,(H,24,27,28). The number of urea groups is 1. The van der Waals surface area contributed by atoms with Gasteiger partial charge in [-0.1, -0.05) is 80.6 Å². The zero-order valence-corrected chi connectivity index (χ0v) is 18.6. The molecule has 1 N–H and O–H groups in total. The van der Waals surface area contributed by atoms with Gasteiger partial charge in [-0.15, -0.1) is 0 Å². The summed E-state index contributed by atoms with van der Waals surface area (Å²) < 4.78 is 0. The fourth-order valence-corrected chi connectivity index (χ4v) is 5.05. The van der Waals surface area contributed by atoms with Crippen molar-refractivity contribution in [1.82, 2.24) is 15.1 Å². The Balaban J connectivity index is 1.68. The number of unbranched alkanes of at least 4 members (excludes halogenated alkanes) is 5. The Kier molecular flexibility index (Phi) is 7.84. The van der Waals surface area contributed by atoms with E-state index in [4.69, 9.17) is 16.6 Å². The lowest BCUT2D eigenvalue weighted by Gasteiger charge is -2.36. The molecule has 1 aromatic rings. The number of fused-ring (bicyclic) bond motifs is 1. The van der Waals surface area contributed by atoms with E-state index in [-0.39, 0.29) is 5.91 Å². The molecule has 2 atom stereocenters. The number of carbonyl (C=O) groups excluding carboxylic acids is 2. The van der Waals surface area contributed by atoms with E-state index in [1.165, 1.54) is 30.6 Å². The molecule has 6 nitrogen and oxygen atoms in total. The summed E-state index contributed by atoms with van der Waals surface area (Å²) in [5, 5.41) is 3.99. The van der Waals surface area contributed by atoms with Gasteiger partial charge < -0.3 is 9.80 Å². The molecule has 3 rings (SSSR count). The molecular formula is C21H29ClN4O2S. The molecule has 1 aromatic carbocycles. The molecule has 0 radical (unpaired) electrons. The summed E-state index contributed by atoms with van der Waals surface area (Å²) >= 11 is 7.87. The Morgan fingerprint density at radius 1 is 1.14 bits per heavy atom. The van der Waals surface area contributed by atoms with Crippen LogP contribution in [0.3, 0.4) is 0 Å². The number of nitrogens with one attached hydrogen (secondary N) is 1. The molecule has 0 saturated carbocycles. The van der Waals surface area contributed by atoms with Crippen LogP contribution in [0.1, 0.15) is 51.0 Å². The molecule has 0 aromatic heterocycles. The molecule has 0 bridgehead atoms. The molecule has 2 heterocycles. The van der Waals surface area contributed by atoms with Gasteiger partial charge in [0.1, 0.15) is 0 Å². The lowest BCUT2D eigenvalue weighted by Crippen LogP contribution is -2.63. The van der Waals surface area contributed by atoms with Crippen molar-refractivity contribution in [3.8, 4) is 0 Å². The van der Waals surface area contributed by atoms with Gasteiger partial charge in [-0.25, -0.2) is 9.79 Å². The molecule has 0 spiro atoms. The van der Waals surface area contributed by atoms with Gasteiger partial charge >= 0.3 is 6.03 Å². The summed E-state index contributed by atoms with van der Waals surface area (Å²) in [6.07, 6.45) is 6.62. The third-order valence-electron chi connectivity index (χ3n) is 5.39. The fourth-order valence-electron chi connectivity index (χ4n) is 3.68. The van der Waals surface area contributed by atoms with Crippen LogP contribution in [0.25, 0.3) is 0 Å². The smallest absolute Gasteiger partial charge is 0.325 e. The highest BCUT2D eigenvalue weighted by atomic mass is 35.5. The van der Waals surface area contributed by atoms with E-state index < -0.39 is 18.2 Å². The maximum Gasteiger partial charge on any atom is 0.325 e. The Labute approximate surface area is 182 Å². The molecule has 2 unspecified atom stereocenters. The van der Waals surface area contributed by atoms with Gasteiger partial charge in [0.05, 0.1) is 0 Å². The third kappa shape index (κ3) is 5.25. The quantitative estimate of drug-likeness (QED) is 0.579. The van der Waals surface area contributed by atoms with Gasteiger partial charge in [0.2, 0.25) is 0 Å². The van der Waals surface area contributed by atoms with Crippen molar-refractivity contribution in [1.29, 1.82) is 0 Å². The van der Waals surface area contributed by atoms with E-state index in [1.54, 1.807) is 18.8 Å². The van der Waals surface area contributed by atoms with Crippen molar-refractivity contribution in [2.24, 2.45) is 4.99 Å². The van der Waals surface area contributed by atoms with E-state index in [9.17, 15) is 9.59 Å². The second-order valence-corrected chi connectivity index (χ2v) is 8.87. The molecule has 158 valence electrons. The Hall–Kier alpha value is -1.73. The summed E-state index contributed by atoms with van der Waals surface area (Å²) in [7, 11) is 1.69. The topological polar surface area (TPSA) is 65.0 Å². The Morgan fingerprint density at radius 2 is 1.86 bits per heavy atom. The van der Waals surface area contributed by atoms with Crippen LogP contribution in [0.15, 0.2) is 29.3 Å². The van der Waals surface area contributed by atoms with Crippen molar-refractivity contribution in [3.05, 3.63) is 34.9 Å². The number of amides is 3. The van der Waals surface area contributed by atoms with Crippen LogP contribution >= 0.6 is 23.4 Å². The highest BCUT2D eigenvalue weighted by molar-refractivity contribution is 8.13. The predicted octanol–water partition coefficient (Wildman–Crippen LogP) is 4.48. The molecule has 1 fully saturated rings. The minimum atomic E-state index is -0.468. The van der Waals surface area contributed by atoms with E-state index in [0.717, 1.165) is 35.1 Å². The SMILES string of the molecule is CCCCCCCCN1C(SCc2ccccc2Cl)=NC2C1C(=O)NC(=O)N2C. The maximum absolute atomic E-state index is 12.6. The lowest BCUT2D eigenvalue weighted by molar-refractivity contribution is -0.127. The van der Waals surface area contributed by atoms with Crippen LogP contribution in [-0.2, 0) is 10.5 Å². The molecule has 8 heteroatoms. The van der Waals surface area contributed by atoms with Gasteiger partial charge in [-0.05, 0) is 18.1 Å². The number of halogens is 1. The number of likely N-dealkylation sites (N-methyl/N-ethyl adjacent to an activating group) is 1. The molecule has 2 aliphatic rings. The zero-order valence-electron chi connectivity index (χ0n) is 17.1. The van der Waals surface area contributed by atoms with Crippen LogP contribution in [0.5, 0.6) is 0 Å². The van der Waals surface area contributed by atoms with Gasteiger partial charge in [0, 0.05) is 24.4 Å². The third-order valence-corrected chi connectivity index (χ3v) is 6.81. The van der Waals surface area contributed by atoms with Crippen molar-refractivity contribution in [2.45, 2.75) is 63.4 Å². The molecule has 3 amide bonds. The van der Waals surface area contributed by atoms with Crippen LogP contribution < -0.4 is 5.32 Å². The van der Waals surface area contributed by atoms with Crippen molar-refractivity contribution in [3.63, 3.8) is 0 Å². The highest BCUT2D eigenvalue weighted by Crippen LogP contribution is 2.31. The first-order chi connectivity index (χ1) is 14.0. The minimum absolute atomic E-state index is 0.263. The fraction of sp³-hybridized carbons (Fsp3) is 0.571. The normalized spacial score (nSPS) is 21.3. The average Bonchev–Trinajstić information content (AvgIpc) is 3.07. The van der Waals surface area contributed by atoms with Crippen molar-refractivity contribution >= 4 is 40.5 Å². The molecule has 1 saturated heterocycles. The van der Waals surface area contributed by atoms with Crippen molar-refractivity contribution in [2.75, 3.05) is 13.6 Å². The average molecular weight is 437 g/mol. The number of benzene rings is 1. The largest absolute Gasteiger partial charge is 0.336 e. The summed E-state index contributed by atoms with van der Waals surface area (Å²) in [5.41, 5.74) is 1.03. The molecular weight excluding hydrogens is 408 g/mol. The number of hydrogen-bond acceptors (Lipinski definition) is 5. The van der Waals surface area contributed by atoms with Gasteiger partial charge in [0.15, 0.2) is 17.4 Å². The highest BCUT2D eigenvalue weighted by Gasteiger charge is 2.48. The van der Waals surface area contributed by atoms with Crippen LogP contribution in [-0.4, -0.2) is 52.7 Å². The number of amidine groups is 1. The minimum Gasteiger partial charge on any atom is -0.336 e. The summed E-state index contributed by atoms with van der Waals surface area (Å²) in [4.78, 5) is 33.0. The summed E-state index contributed by atoms with van der Waals surface area (Å²) in [6.45, 7) is 2.97. The summed E-state index contributed by atoms with van der Waals surface area (Å²) in [6, 6.07) is 6.90. The van der Waals surface area contributed by atoms with Gasteiger partial charge in [-0.2, -0.15) is 0 Å². The molecule has 29 heavy (non-hydrogen) atoms. The summed E-state index contributed by atoms with van der Waals surface area (Å²) in [5.74, 6) is 0.408.